The molecule has 0 aliphatic rings. The van der Waals surface area contributed by atoms with Crippen LogP contribution in [0.1, 0.15) is 37.8 Å². The van der Waals surface area contributed by atoms with E-state index in [0.29, 0.717) is 25.9 Å². The smallest absolute Gasteiger partial charge is 0.238 e. The summed E-state index contributed by atoms with van der Waals surface area (Å²) < 4.78 is 5.67. The lowest BCUT2D eigenvalue weighted by atomic mass is 9.97. The Hall–Kier alpha value is -3.27. The summed E-state index contributed by atoms with van der Waals surface area (Å²) in [7, 11) is 0. The van der Waals surface area contributed by atoms with E-state index < -0.39 is 18.0 Å². The van der Waals surface area contributed by atoms with Gasteiger partial charge >= 0.3 is 0 Å². The highest BCUT2D eigenvalue weighted by Gasteiger charge is 2.26. The largest absolute Gasteiger partial charge is 0.491 e. The van der Waals surface area contributed by atoms with E-state index in [9.17, 15) is 14.4 Å². The topological polar surface area (TPSA) is 154 Å². The Labute approximate surface area is 219 Å². The number of aryl methyl sites for hydroxylation is 1. The first-order valence-corrected chi connectivity index (χ1v) is 12.8. The molecule has 0 saturated heterocycles. The number of ether oxygens (including phenoxy) is 1. The maximum absolute atomic E-state index is 13.3. The van der Waals surface area contributed by atoms with Gasteiger partial charge < -0.3 is 32.2 Å². The maximum Gasteiger partial charge on any atom is 0.238 e. The molecular formula is C28H41N5O4. The highest BCUT2D eigenvalue weighted by molar-refractivity contribution is 5.93. The Morgan fingerprint density at radius 2 is 1.54 bits per heavy atom. The lowest BCUT2D eigenvalue weighted by Gasteiger charge is -2.24. The van der Waals surface area contributed by atoms with E-state index in [1.165, 1.54) is 4.90 Å². The van der Waals surface area contributed by atoms with Crippen molar-refractivity contribution in [2.75, 3.05) is 26.2 Å². The lowest BCUT2D eigenvalue weighted by Crippen LogP contribution is -2.51. The summed E-state index contributed by atoms with van der Waals surface area (Å²) >= 11 is 0. The van der Waals surface area contributed by atoms with Crippen molar-refractivity contribution >= 4 is 17.6 Å². The fourth-order valence-corrected chi connectivity index (χ4v) is 3.91. The second-order valence-corrected chi connectivity index (χ2v) is 9.31. The lowest BCUT2D eigenvalue weighted by molar-refractivity contribution is -0.134. The molecule has 0 heterocycles. The van der Waals surface area contributed by atoms with Gasteiger partial charge in [0.2, 0.25) is 11.8 Å². The molecule has 2 atom stereocenters. The van der Waals surface area contributed by atoms with E-state index in [-0.39, 0.29) is 43.7 Å². The number of ketones is 1. The molecule has 2 aromatic rings. The van der Waals surface area contributed by atoms with Crippen LogP contribution >= 0.6 is 0 Å². The number of amides is 2. The molecule has 2 aromatic carbocycles. The monoisotopic (exact) mass is 511 g/mol. The van der Waals surface area contributed by atoms with Crippen LogP contribution in [0, 0.1) is 0 Å². The van der Waals surface area contributed by atoms with Crippen LogP contribution < -0.4 is 27.3 Å². The van der Waals surface area contributed by atoms with Crippen LogP contribution in [0.5, 0.6) is 5.75 Å². The van der Waals surface area contributed by atoms with Gasteiger partial charge in [0, 0.05) is 32.6 Å². The van der Waals surface area contributed by atoms with E-state index in [0.717, 1.165) is 16.9 Å². The van der Waals surface area contributed by atoms with Gasteiger partial charge in [-0.1, -0.05) is 42.5 Å². The number of benzene rings is 2. The number of hydrogen-bond donors (Lipinski definition) is 4. The summed E-state index contributed by atoms with van der Waals surface area (Å²) in [5.74, 6) is -0.238. The van der Waals surface area contributed by atoms with Gasteiger partial charge in [0.25, 0.3) is 0 Å². The van der Waals surface area contributed by atoms with Crippen molar-refractivity contribution < 1.29 is 19.1 Å². The maximum atomic E-state index is 13.3. The molecule has 202 valence electrons. The molecule has 0 unspecified atom stereocenters. The predicted molar refractivity (Wildman–Crippen MR) is 145 cm³/mol. The molecule has 0 radical (unpaired) electrons. The van der Waals surface area contributed by atoms with Gasteiger partial charge in [0.1, 0.15) is 5.75 Å². The summed E-state index contributed by atoms with van der Waals surface area (Å²) in [5.41, 5.74) is 19.1. The Morgan fingerprint density at radius 1 is 0.919 bits per heavy atom. The van der Waals surface area contributed by atoms with E-state index in [2.05, 4.69) is 5.32 Å². The van der Waals surface area contributed by atoms with Crippen molar-refractivity contribution in [2.45, 2.75) is 57.7 Å². The minimum Gasteiger partial charge on any atom is -0.491 e. The molecule has 2 amide bonds. The zero-order valence-corrected chi connectivity index (χ0v) is 21.9. The predicted octanol–water partition coefficient (Wildman–Crippen LogP) is 1.17. The van der Waals surface area contributed by atoms with Crippen LogP contribution in [0.15, 0.2) is 54.6 Å². The van der Waals surface area contributed by atoms with Crippen LogP contribution in [0.3, 0.4) is 0 Å². The van der Waals surface area contributed by atoms with Gasteiger partial charge in [0.15, 0.2) is 5.78 Å². The Morgan fingerprint density at radius 3 is 2.11 bits per heavy atom. The van der Waals surface area contributed by atoms with Crippen LogP contribution in [0.4, 0.5) is 0 Å². The Kier molecular flexibility index (Phi) is 12.8. The average Bonchev–Trinajstić information content (AvgIpc) is 2.87. The molecule has 0 aromatic heterocycles. The van der Waals surface area contributed by atoms with Crippen LogP contribution in [-0.2, 0) is 27.2 Å². The van der Waals surface area contributed by atoms with Gasteiger partial charge in [-0.25, -0.2) is 0 Å². The highest BCUT2D eigenvalue weighted by Crippen LogP contribution is 2.16. The van der Waals surface area contributed by atoms with Crippen LogP contribution in [0.2, 0.25) is 0 Å². The van der Waals surface area contributed by atoms with Crippen molar-refractivity contribution in [3.63, 3.8) is 0 Å². The van der Waals surface area contributed by atoms with Gasteiger partial charge in [-0.05, 0) is 49.9 Å². The van der Waals surface area contributed by atoms with Crippen molar-refractivity contribution in [3.05, 3.63) is 65.7 Å². The molecule has 2 rings (SSSR count). The third-order valence-corrected chi connectivity index (χ3v) is 5.83. The minimum atomic E-state index is -1.09. The quantitative estimate of drug-likeness (QED) is 0.264. The first-order valence-electron chi connectivity index (χ1n) is 12.8. The normalized spacial score (nSPS) is 12.6. The molecule has 9 heteroatoms. The van der Waals surface area contributed by atoms with Gasteiger partial charge in [-0.3, -0.25) is 14.4 Å². The molecule has 9 nitrogen and oxygen atoms in total. The first-order chi connectivity index (χ1) is 17.7. The van der Waals surface area contributed by atoms with Gasteiger partial charge in [-0.2, -0.15) is 0 Å². The highest BCUT2D eigenvalue weighted by atomic mass is 16.5. The molecule has 0 spiro atoms. The van der Waals surface area contributed by atoms with Gasteiger partial charge in [-0.15, -0.1) is 0 Å². The van der Waals surface area contributed by atoms with Crippen LogP contribution in [0.25, 0.3) is 0 Å². The zero-order chi connectivity index (χ0) is 27.2. The van der Waals surface area contributed by atoms with E-state index in [4.69, 9.17) is 21.9 Å². The summed E-state index contributed by atoms with van der Waals surface area (Å²) in [4.78, 5) is 40.3. The molecule has 0 saturated carbocycles. The van der Waals surface area contributed by atoms with Crippen molar-refractivity contribution in [1.82, 2.24) is 10.2 Å². The van der Waals surface area contributed by atoms with Crippen molar-refractivity contribution in [1.29, 1.82) is 0 Å². The number of nitrogens with zero attached hydrogens (tertiary/aromatic N) is 1. The number of nitrogens with two attached hydrogens (primary N) is 3. The van der Waals surface area contributed by atoms with Crippen LogP contribution in [-0.4, -0.2) is 66.9 Å². The van der Waals surface area contributed by atoms with E-state index in [1.54, 1.807) is 0 Å². The third-order valence-electron chi connectivity index (χ3n) is 5.83. The van der Waals surface area contributed by atoms with E-state index in [1.807, 2.05) is 68.4 Å². The van der Waals surface area contributed by atoms with Crippen molar-refractivity contribution in [3.8, 4) is 5.75 Å². The van der Waals surface area contributed by atoms with Crippen molar-refractivity contribution in [2.24, 2.45) is 17.2 Å². The molecule has 7 N–H and O–H groups in total. The third kappa shape index (κ3) is 10.7. The summed E-state index contributed by atoms with van der Waals surface area (Å²) in [6.45, 7) is 5.14. The fraction of sp³-hybridized carbons (Fsp3) is 0.464. The van der Waals surface area contributed by atoms with Gasteiger partial charge in [0.05, 0.1) is 24.6 Å². The molecule has 0 bridgehead atoms. The molecule has 37 heavy (non-hydrogen) atoms. The number of Topliss-reactive ketones (excluding diaryl/α,β-unsaturated/α-hetero) is 1. The molecule has 0 fully saturated rings. The number of nitrogens with one attached hydrogen (secondary N) is 1. The fourth-order valence-electron chi connectivity index (χ4n) is 3.91. The Balaban J connectivity index is 2.07. The summed E-state index contributed by atoms with van der Waals surface area (Å²) in [6.07, 6.45) is 1.03. The molecule has 0 aliphatic carbocycles. The standard InChI is InChI=1S/C28H41N5O4/c1-20(2)37-23-11-8-22(9-12-23)18-26(34)25(13-10-21-6-4-3-5-7-21)32-28(36)24(31)19-27(35)33(16-14-29)17-15-30/h3-9,11-12,20,24-25H,10,13-19,29-31H2,1-2H3,(H,32,36)/t24-,25-/m0/s1. The second-order valence-electron chi connectivity index (χ2n) is 9.31. The van der Waals surface area contributed by atoms with E-state index >= 15 is 0 Å². The number of carbonyl (C=O) groups is 3. The second kappa shape index (κ2) is 15.8. The zero-order valence-electron chi connectivity index (χ0n) is 21.9. The average molecular weight is 512 g/mol. The molecule has 0 aliphatic heterocycles. The first kappa shape index (κ1) is 30.0. The SMILES string of the molecule is CC(C)Oc1ccc(CC(=O)[C@H](CCc2ccccc2)NC(=O)[C@@H](N)CC(=O)N(CCN)CCN)cc1. The minimum absolute atomic E-state index is 0.0545. The summed E-state index contributed by atoms with van der Waals surface area (Å²) in [5, 5.41) is 2.79. The summed E-state index contributed by atoms with van der Waals surface area (Å²) in [6, 6.07) is 15.3. The number of rotatable bonds is 16. The molecular weight excluding hydrogens is 470 g/mol. The Bertz CT molecular complexity index is 976. The number of hydrogen-bond acceptors (Lipinski definition) is 7. The number of carbonyl (C=O) groups excluding carboxylic acids is 3.